The Hall–Kier alpha value is -2.83. The Bertz CT molecular complexity index is 1550. The monoisotopic (exact) mass is 621 g/mol. The van der Waals surface area contributed by atoms with Gasteiger partial charge in [0, 0.05) is 37.2 Å². The first-order chi connectivity index (χ1) is 19.5. The van der Waals surface area contributed by atoms with Crippen LogP contribution in [0.4, 0.5) is 4.39 Å². The molecule has 1 heterocycles. The van der Waals surface area contributed by atoms with Crippen LogP contribution in [0.15, 0.2) is 88.7 Å². The maximum atomic E-state index is 14.0. The van der Waals surface area contributed by atoms with E-state index in [2.05, 4.69) is 0 Å². The van der Waals surface area contributed by atoms with Gasteiger partial charge in [0.15, 0.2) is 0 Å². The van der Waals surface area contributed by atoms with Crippen LogP contribution in [0.25, 0.3) is 0 Å². The Kier molecular flexibility index (Phi) is 10.2. The third-order valence-electron chi connectivity index (χ3n) is 7.04. The van der Waals surface area contributed by atoms with E-state index < -0.39 is 31.8 Å². The van der Waals surface area contributed by atoms with Gasteiger partial charge in [0.25, 0.3) is 0 Å². The molecule has 220 valence electrons. The van der Waals surface area contributed by atoms with Gasteiger partial charge in [0.05, 0.1) is 16.3 Å². The molecule has 12 heteroatoms. The topological polar surface area (TPSA) is 95.1 Å². The SMILES string of the molecule is CCCN(CC(=O)N(Cc1cccc(F)c1)C1CCN(S(=O)(=O)c2ccc(Cl)cc2)CC1)S(=O)(=O)c1ccccc1. The number of hydrogen-bond acceptors (Lipinski definition) is 5. The van der Waals surface area contributed by atoms with E-state index >= 15 is 0 Å². The van der Waals surface area contributed by atoms with Gasteiger partial charge in [-0.25, -0.2) is 21.2 Å². The van der Waals surface area contributed by atoms with Crippen LogP contribution in [0.5, 0.6) is 0 Å². The smallest absolute Gasteiger partial charge is 0.243 e. The Morgan fingerprint density at radius 2 is 1.59 bits per heavy atom. The first-order valence-electron chi connectivity index (χ1n) is 13.4. The highest BCUT2D eigenvalue weighted by Gasteiger charge is 2.35. The Labute approximate surface area is 246 Å². The average molecular weight is 622 g/mol. The molecule has 0 radical (unpaired) electrons. The number of benzene rings is 3. The van der Waals surface area contributed by atoms with Gasteiger partial charge >= 0.3 is 0 Å². The summed E-state index contributed by atoms with van der Waals surface area (Å²) in [5.74, 6) is -0.876. The van der Waals surface area contributed by atoms with E-state index in [0.29, 0.717) is 29.8 Å². The molecule has 3 aromatic rings. The zero-order valence-electron chi connectivity index (χ0n) is 22.7. The number of rotatable bonds is 11. The van der Waals surface area contributed by atoms with E-state index in [0.717, 1.165) is 0 Å². The van der Waals surface area contributed by atoms with Crippen molar-refractivity contribution < 1.29 is 26.0 Å². The largest absolute Gasteiger partial charge is 0.334 e. The molecule has 1 saturated heterocycles. The summed E-state index contributed by atoms with van der Waals surface area (Å²) in [7, 11) is -7.69. The minimum Gasteiger partial charge on any atom is -0.334 e. The number of halogens is 2. The Morgan fingerprint density at radius 1 is 0.927 bits per heavy atom. The highest BCUT2D eigenvalue weighted by atomic mass is 35.5. The minimum atomic E-state index is -3.94. The highest BCUT2D eigenvalue weighted by molar-refractivity contribution is 7.89. The molecule has 3 aromatic carbocycles. The molecule has 1 aliphatic heterocycles. The van der Waals surface area contributed by atoms with Crippen molar-refractivity contribution in [1.29, 1.82) is 0 Å². The number of carbonyl (C=O) groups excluding carboxylic acids is 1. The third kappa shape index (κ3) is 7.52. The number of piperidine rings is 1. The van der Waals surface area contributed by atoms with Gasteiger partial charge in [0.1, 0.15) is 5.82 Å². The summed E-state index contributed by atoms with van der Waals surface area (Å²) < 4.78 is 69.7. The van der Waals surface area contributed by atoms with E-state index in [4.69, 9.17) is 11.6 Å². The van der Waals surface area contributed by atoms with Gasteiger partial charge in [-0.2, -0.15) is 8.61 Å². The van der Waals surface area contributed by atoms with Crippen LogP contribution >= 0.6 is 11.6 Å². The van der Waals surface area contributed by atoms with Crippen molar-refractivity contribution in [3.8, 4) is 0 Å². The fraction of sp³-hybridized carbons (Fsp3) is 0.345. The molecule has 1 aliphatic rings. The van der Waals surface area contributed by atoms with Crippen molar-refractivity contribution in [2.45, 2.75) is 48.6 Å². The van der Waals surface area contributed by atoms with Crippen LogP contribution in [0, 0.1) is 5.82 Å². The standard InChI is InChI=1S/C29H33ClFN3O5S2/c1-2-17-33(41(38,39)27-9-4-3-5-10-27)22-29(35)34(21-23-7-6-8-25(31)20-23)26-15-18-32(19-16-26)40(36,37)28-13-11-24(30)12-14-28/h3-14,20,26H,2,15-19,21-22H2,1H3. The minimum absolute atomic E-state index is 0.0660. The second kappa shape index (κ2) is 13.4. The Morgan fingerprint density at radius 3 is 2.20 bits per heavy atom. The molecule has 0 spiro atoms. The first kappa shape index (κ1) is 31.1. The number of carbonyl (C=O) groups is 1. The number of amides is 1. The molecule has 4 rings (SSSR count). The van der Waals surface area contributed by atoms with Crippen LogP contribution < -0.4 is 0 Å². The van der Waals surface area contributed by atoms with Crippen LogP contribution in [0.3, 0.4) is 0 Å². The molecule has 1 amide bonds. The number of hydrogen-bond donors (Lipinski definition) is 0. The molecule has 41 heavy (non-hydrogen) atoms. The van der Waals surface area contributed by atoms with Gasteiger partial charge in [-0.3, -0.25) is 4.79 Å². The molecule has 0 aromatic heterocycles. The van der Waals surface area contributed by atoms with Crippen molar-refractivity contribution in [2.24, 2.45) is 0 Å². The zero-order valence-corrected chi connectivity index (χ0v) is 25.1. The van der Waals surface area contributed by atoms with E-state index in [1.807, 2.05) is 6.92 Å². The van der Waals surface area contributed by atoms with Crippen molar-refractivity contribution >= 4 is 37.6 Å². The molecule has 0 N–H and O–H groups in total. The van der Waals surface area contributed by atoms with Crippen molar-refractivity contribution in [3.63, 3.8) is 0 Å². The lowest BCUT2D eigenvalue weighted by molar-refractivity contribution is -0.135. The van der Waals surface area contributed by atoms with E-state index in [9.17, 15) is 26.0 Å². The predicted molar refractivity (Wildman–Crippen MR) is 156 cm³/mol. The Balaban J connectivity index is 1.56. The summed E-state index contributed by atoms with van der Waals surface area (Å²) in [4.78, 5) is 15.6. The maximum absolute atomic E-state index is 14.0. The molecule has 8 nitrogen and oxygen atoms in total. The number of sulfonamides is 2. The lowest BCUT2D eigenvalue weighted by Crippen LogP contribution is -2.51. The average Bonchev–Trinajstić information content (AvgIpc) is 2.96. The lowest BCUT2D eigenvalue weighted by atomic mass is 10.0. The summed E-state index contributed by atoms with van der Waals surface area (Å²) in [6.45, 7) is 2.00. The summed E-state index contributed by atoms with van der Waals surface area (Å²) in [5.41, 5.74) is 0.558. The first-order valence-corrected chi connectivity index (χ1v) is 16.6. The molecular weight excluding hydrogens is 589 g/mol. The quantitative estimate of drug-likeness (QED) is 0.308. The van der Waals surface area contributed by atoms with Crippen LogP contribution in [-0.4, -0.2) is 68.5 Å². The fourth-order valence-electron chi connectivity index (χ4n) is 4.92. The van der Waals surface area contributed by atoms with Crippen LogP contribution in [0.1, 0.15) is 31.7 Å². The summed E-state index contributed by atoms with van der Waals surface area (Å²) in [6, 6.07) is 19.4. The molecular formula is C29H33ClFN3O5S2. The molecule has 0 unspecified atom stereocenters. The van der Waals surface area contributed by atoms with E-state index in [-0.39, 0.29) is 48.6 Å². The molecule has 0 atom stereocenters. The summed E-state index contributed by atoms with van der Waals surface area (Å²) in [5, 5.41) is 0.431. The predicted octanol–water partition coefficient (Wildman–Crippen LogP) is 4.76. The molecule has 1 fully saturated rings. The normalized spacial score (nSPS) is 15.2. The maximum Gasteiger partial charge on any atom is 0.243 e. The van der Waals surface area contributed by atoms with E-state index in [1.54, 1.807) is 35.2 Å². The van der Waals surface area contributed by atoms with E-state index in [1.165, 1.54) is 57.1 Å². The summed E-state index contributed by atoms with van der Waals surface area (Å²) >= 11 is 5.92. The van der Waals surface area contributed by atoms with Gasteiger partial charge in [0.2, 0.25) is 26.0 Å². The van der Waals surface area contributed by atoms with Crippen molar-refractivity contribution in [2.75, 3.05) is 26.2 Å². The second-order valence-corrected chi connectivity index (χ2v) is 14.2. The summed E-state index contributed by atoms with van der Waals surface area (Å²) in [6.07, 6.45) is 1.18. The van der Waals surface area contributed by atoms with Gasteiger partial charge in [-0.05, 0) is 73.4 Å². The van der Waals surface area contributed by atoms with Gasteiger partial charge in [-0.1, -0.05) is 48.9 Å². The molecule has 0 bridgehead atoms. The number of nitrogens with zero attached hydrogens (tertiary/aromatic N) is 3. The van der Waals surface area contributed by atoms with Crippen molar-refractivity contribution in [3.05, 3.63) is 95.3 Å². The lowest BCUT2D eigenvalue weighted by Gasteiger charge is -2.39. The zero-order chi connectivity index (χ0) is 29.6. The second-order valence-electron chi connectivity index (χ2n) is 9.89. The molecule has 0 saturated carbocycles. The van der Waals surface area contributed by atoms with Gasteiger partial charge < -0.3 is 4.90 Å². The fourth-order valence-corrected chi connectivity index (χ4v) is 8.02. The van der Waals surface area contributed by atoms with Crippen molar-refractivity contribution in [1.82, 2.24) is 13.5 Å². The van der Waals surface area contributed by atoms with Crippen LogP contribution in [-0.2, 0) is 31.4 Å². The van der Waals surface area contributed by atoms with Crippen LogP contribution in [0.2, 0.25) is 5.02 Å². The highest BCUT2D eigenvalue weighted by Crippen LogP contribution is 2.26. The molecule has 0 aliphatic carbocycles. The van der Waals surface area contributed by atoms with Gasteiger partial charge in [-0.15, -0.1) is 0 Å². The third-order valence-corrected chi connectivity index (χ3v) is 11.1.